The van der Waals surface area contributed by atoms with Gasteiger partial charge in [-0.15, -0.1) is 0 Å². The first kappa shape index (κ1) is 12.5. The number of halogens is 1. The Kier molecular flexibility index (Phi) is 3.60. The minimum atomic E-state index is -0.327. The van der Waals surface area contributed by atoms with Crippen molar-refractivity contribution in [2.45, 2.75) is 33.3 Å². The van der Waals surface area contributed by atoms with Crippen LogP contribution in [-0.2, 0) is 6.61 Å². The van der Waals surface area contributed by atoms with E-state index in [0.717, 1.165) is 5.56 Å². The van der Waals surface area contributed by atoms with Crippen LogP contribution in [0.4, 0.5) is 4.39 Å². The zero-order valence-corrected chi connectivity index (χ0v) is 10.6. The molecule has 2 aromatic rings. The Bertz CT molecular complexity index is 538. The Morgan fingerprint density at radius 3 is 2.83 bits per heavy atom. The van der Waals surface area contributed by atoms with Crippen LogP contribution >= 0.6 is 0 Å². The van der Waals surface area contributed by atoms with E-state index in [1.165, 1.54) is 12.1 Å². The summed E-state index contributed by atoms with van der Waals surface area (Å²) in [5.41, 5.74) is 0.865. The number of rotatable bonds is 4. The molecule has 18 heavy (non-hydrogen) atoms. The van der Waals surface area contributed by atoms with Gasteiger partial charge in [0, 0.05) is 12.0 Å². The van der Waals surface area contributed by atoms with E-state index in [2.05, 4.69) is 10.1 Å². The molecule has 0 saturated carbocycles. The molecule has 1 aromatic heterocycles. The van der Waals surface area contributed by atoms with Crippen molar-refractivity contribution < 1.29 is 13.7 Å². The van der Waals surface area contributed by atoms with Crippen molar-refractivity contribution >= 4 is 0 Å². The van der Waals surface area contributed by atoms with Gasteiger partial charge in [0.1, 0.15) is 11.6 Å². The number of ether oxygens (including phenoxy) is 1. The number of aromatic nitrogens is 2. The average molecular weight is 250 g/mol. The summed E-state index contributed by atoms with van der Waals surface area (Å²) in [5, 5.41) is 3.80. The molecule has 5 heteroatoms. The molecule has 0 radical (unpaired) electrons. The van der Waals surface area contributed by atoms with E-state index in [4.69, 9.17) is 9.26 Å². The van der Waals surface area contributed by atoms with Crippen LogP contribution in [0.5, 0.6) is 5.75 Å². The van der Waals surface area contributed by atoms with Gasteiger partial charge in [-0.05, 0) is 18.6 Å². The molecule has 1 aromatic carbocycles. The van der Waals surface area contributed by atoms with Crippen molar-refractivity contribution in [1.82, 2.24) is 10.1 Å². The second kappa shape index (κ2) is 5.16. The average Bonchev–Trinajstić information content (AvgIpc) is 2.79. The van der Waals surface area contributed by atoms with E-state index in [1.54, 1.807) is 6.07 Å². The van der Waals surface area contributed by atoms with Crippen LogP contribution in [0.1, 0.15) is 37.0 Å². The van der Waals surface area contributed by atoms with Crippen LogP contribution in [-0.4, -0.2) is 10.1 Å². The van der Waals surface area contributed by atoms with Crippen molar-refractivity contribution in [3.63, 3.8) is 0 Å². The normalized spacial score (nSPS) is 10.9. The van der Waals surface area contributed by atoms with Crippen molar-refractivity contribution in [3.05, 3.63) is 41.3 Å². The summed E-state index contributed by atoms with van der Waals surface area (Å²) < 4.78 is 23.6. The topological polar surface area (TPSA) is 48.2 Å². The summed E-state index contributed by atoms with van der Waals surface area (Å²) in [6.07, 6.45) is 0. The molecule has 0 N–H and O–H groups in total. The highest BCUT2D eigenvalue weighted by molar-refractivity contribution is 5.32. The van der Waals surface area contributed by atoms with Gasteiger partial charge in [0.05, 0.1) is 0 Å². The van der Waals surface area contributed by atoms with Crippen LogP contribution in [0.25, 0.3) is 0 Å². The molecule has 0 aliphatic rings. The third-order valence-corrected chi connectivity index (χ3v) is 2.48. The van der Waals surface area contributed by atoms with Crippen molar-refractivity contribution in [2.24, 2.45) is 0 Å². The summed E-state index contributed by atoms with van der Waals surface area (Å²) in [6, 6.07) is 4.41. The van der Waals surface area contributed by atoms with Gasteiger partial charge in [-0.2, -0.15) is 4.98 Å². The van der Waals surface area contributed by atoms with E-state index in [0.29, 0.717) is 17.5 Å². The summed E-state index contributed by atoms with van der Waals surface area (Å²) in [5.74, 6) is 1.38. The third-order valence-electron chi connectivity index (χ3n) is 2.48. The maximum Gasteiger partial charge on any atom is 0.229 e. The lowest BCUT2D eigenvalue weighted by Gasteiger charge is -2.06. The lowest BCUT2D eigenvalue weighted by atomic mass is 10.2. The fourth-order valence-corrected chi connectivity index (χ4v) is 1.43. The molecule has 1 heterocycles. The molecule has 0 spiro atoms. The highest BCUT2D eigenvalue weighted by Gasteiger charge is 2.10. The lowest BCUT2D eigenvalue weighted by molar-refractivity contribution is 0.281. The minimum absolute atomic E-state index is 0.167. The highest BCUT2D eigenvalue weighted by Crippen LogP contribution is 2.20. The number of benzene rings is 1. The second-order valence-corrected chi connectivity index (χ2v) is 4.40. The molecule has 0 saturated heterocycles. The SMILES string of the molecule is Cc1ccc(F)cc1OCc1noc(C(C)C)n1. The van der Waals surface area contributed by atoms with Crippen LogP contribution in [0.2, 0.25) is 0 Å². The van der Waals surface area contributed by atoms with E-state index in [9.17, 15) is 4.39 Å². The zero-order chi connectivity index (χ0) is 13.1. The van der Waals surface area contributed by atoms with Crippen molar-refractivity contribution in [2.75, 3.05) is 0 Å². The van der Waals surface area contributed by atoms with Crippen molar-refractivity contribution in [1.29, 1.82) is 0 Å². The van der Waals surface area contributed by atoms with E-state index < -0.39 is 0 Å². The molecule has 2 rings (SSSR count). The van der Waals surface area contributed by atoms with Gasteiger partial charge in [-0.1, -0.05) is 25.1 Å². The maximum atomic E-state index is 13.1. The fraction of sp³-hybridized carbons (Fsp3) is 0.385. The number of nitrogens with zero attached hydrogens (tertiary/aromatic N) is 2. The number of hydrogen-bond donors (Lipinski definition) is 0. The molecule has 4 nitrogen and oxygen atoms in total. The van der Waals surface area contributed by atoms with E-state index >= 15 is 0 Å². The van der Waals surface area contributed by atoms with E-state index in [1.807, 2.05) is 20.8 Å². The summed E-state index contributed by atoms with van der Waals surface area (Å²) in [4.78, 5) is 4.18. The number of aryl methyl sites for hydroxylation is 1. The van der Waals surface area contributed by atoms with Gasteiger partial charge < -0.3 is 9.26 Å². The first-order valence-corrected chi connectivity index (χ1v) is 5.77. The van der Waals surface area contributed by atoms with Crippen molar-refractivity contribution in [3.8, 4) is 5.75 Å². The lowest BCUT2D eigenvalue weighted by Crippen LogP contribution is -2.00. The molecular weight excluding hydrogens is 235 g/mol. The smallest absolute Gasteiger partial charge is 0.229 e. The molecule has 0 atom stereocenters. The molecule has 0 amide bonds. The summed E-state index contributed by atoms with van der Waals surface area (Å²) in [7, 11) is 0. The maximum absolute atomic E-state index is 13.1. The Labute approximate surface area is 105 Å². The van der Waals surface area contributed by atoms with Gasteiger partial charge in [0.25, 0.3) is 0 Å². The van der Waals surface area contributed by atoms with Crippen LogP contribution < -0.4 is 4.74 Å². The predicted molar refractivity (Wildman–Crippen MR) is 63.9 cm³/mol. The molecule has 0 aliphatic heterocycles. The Balaban J connectivity index is 2.04. The minimum Gasteiger partial charge on any atom is -0.485 e. The Hall–Kier alpha value is -1.91. The number of hydrogen-bond acceptors (Lipinski definition) is 4. The first-order chi connectivity index (χ1) is 8.56. The monoisotopic (exact) mass is 250 g/mol. The second-order valence-electron chi connectivity index (χ2n) is 4.40. The first-order valence-electron chi connectivity index (χ1n) is 5.77. The molecule has 0 bridgehead atoms. The molecule has 0 fully saturated rings. The Morgan fingerprint density at radius 1 is 1.39 bits per heavy atom. The quantitative estimate of drug-likeness (QED) is 0.835. The van der Waals surface area contributed by atoms with E-state index in [-0.39, 0.29) is 18.3 Å². The standard InChI is InChI=1S/C13H15FN2O2/c1-8(2)13-15-12(16-18-13)7-17-11-6-10(14)5-4-9(11)3/h4-6,8H,7H2,1-3H3. The fourth-order valence-electron chi connectivity index (χ4n) is 1.43. The predicted octanol–water partition coefficient (Wildman–Crippen LogP) is 3.22. The van der Waals surface area contributed by atoms with Crippen LogP contribution in [0, 0.1) is 12.7 Å². The molecular formula is C13H15FN2O2. The molecule has 0 aliphatic carbocycles. The third kappa shape index (κ3) is 2.85. The summed E-state index contributed by atoms with van der Waals surface area (Å²) in [6.45, 7) is 5.95. The van der Waals surface area contributed by atoms with Gasteiger partial charge in [-0.3, -0.25) is 0 Å². The largest absolute Gasteiger partial charge is 0.485 e. The van der Waals surface area contributed by atoms with Crippen LogP contribution in [0.3, 0.4) is 0 Å². The zero-order valence-electron chi connectivity index (χ0n) is 10.6. The van der Waals surface area contributed by atoms with Crippen LogP contribution in [0.15, 0.2) is 22.7 Å². The molecule has 0 unspecified atom stereocenters. The molecule has 96 valence electrons. The van der Waals surface area contributed by atoms with Gasteiger partial charge in [0.15, 0.2) is 6.61 Å². The van der Waals surface area contributed by atoms with Gasteiger partial charge >= 0.3 is 0 Å². The van der Waals surface area contributed by atoms with Gasteiger partial charge in [0.2, 0.25) is 11.7 Å². The van der Waals surface area contributed by atoms with Gasteiger partial charge in [-0.25, -0.2) is 4.39 Å². The summed E-state index contributed by atoms with van der Waals surface area (Å²) >= 11 is 0. The highest BCUT2D eigenvalue weighted by atomic mass is 19.1. The Morgan fingerprint density at radius 2 is 2.17 bits per heavy atom.